The van der Waals surface area contributed by atoms with Crippen LogP contribution in [-0.2, 0) is 14.3 Å². The Balaban J connectivity index is 2.28. The first-order valence-corrected chi connectivity index (χ1v) is 5.88. The van der Waals surface area contributed by atoms with Gasteiger partial charge >= 0.3 is 5.97 Å². The molecule has 0 aromatic heterocycles. The fourth-order valence-electron chi connectivity index (χ4n) is 1.81. The van der Waals surface area contributed by atoms with Crippen LogP contribution in [0.2, 0.25) is 0 Å². The van der Waals surface area contributed by atoms with Crippen LogP contribution in [0.25, 0.3) is 0 Å². The lowest BCUT2D eigenvalue weighted by Gasteiger charge is -2.17. The molecule has 0 aliphatic carbocycles. The fraction of sp³-hybridized carbons (Fsp3) is 0.667. The summed E-state index contributed by atoms with van der Waals surface area (Å²) in [5.41, 5.74) is -2.28. The third kappa shape index (κ3) is 3.80. The summed E-state index contributed by atoms with van der Waals surface area (Å²) in [4.78, 5) is 23.6. The average Bonchev–Trinajstić information content (AvgIpc) is 2.73. The lowest BCUT2D eigenvalue weighted by Crippen LogP contribution is -2.38. The van der Waals surface area contributed by atoms with Gasteiger partial charge in [0.2, 0.25) is 11.6 Å². The Hall–Kier alpha value is -1.43. The molecular weight excluding hydrogens is 241 g/mol. The highest BCUT2D eigenvalue weighted by Gasteiger charge is 2.46. The molecule has 1 aliphatic rings. The van der Waals surface area contributed by atoms with Crippen molar-refractivity contribution in [1.82, 2.24) is 4.90 Å². The molecule has 18 heavy (non-hydrogen) atoms. The van der Waals surface area contributed by atoms with Crippen LogP contribution in [0.1, 0.15) is 19.3 Å². The van der Waals surface area contributed by atoms with Gasteiger partial charge in [0.05, 0.1) is 13.2 Å². The molecule has 0 radical (unpaired) electrons. The van der Waals surface area contributed by atoms with Crippen molar-refractivity contribution in [2.24, 2.45) is 0 Å². The van der Waals surface area contributed by atoms with E-state index in [1.54, 1.807) is 6.08 Å². The zero-order chi connectivity index (χ0) is 13.6. The van der Waals surface area contributed by atoms with E-state index in [0.29, 0.717) is 19.6 Å². The number of aliphatic carboxylic acids is 1. The lowest BCUT2D eigenvalue weighted by atomic mass is 10.1. The Morgan fingerprint density at radius 3 is 2.83 bits per heavy atom. The highest BCUT2D eigenvalue weighted by molar-refractivity contribution is 5.82. The first-order chi connectivity index (χ1) is 8.49. The molecular formula is C12H18FNO4. The van der Waals surface area contributed by atoms with Crippen molar-refractivity contribution in [3.8, 4) is 0 Å². The van der Waals surface area contributed by atoms with Crippen LogP contribution in [0, 0.1) is 0 Å². The topological polar surface area (TPSA) is 66.8 Å². The number of carbonyl (C=O) groups is 2. The van der Waals surface area contributed by atoms with Crippen molar-refractivity contribution in [2.45, 2.75) is 24.9 Å². The molecule has 0 spiro atoms. The maximum Gasteiger partial charge on any atom is 0.343 e. The summed E-state index contributed by atoms with van der Waals surface area (Å²) in [6.07, 6.45) is 2.26. The second kappa shape index (κ2) is 6.49. The SMILES string of the molecule is C=CCOCCCC(=O)N1CCC(F)(C(=O)O)C1. The number of alkyl halides is 1. The molecule has 1 aliphatic heterocycles. The average molecular weight is 259 g/mol. The molecule has 1 heterocycles. The summed E-state index contributed by atoms with van der Waals surface area (Å²) >= 11 is 0. The van der Waals surface area contributed by atoms with Crippen molar-refractivity contribution in [3.05, 3.63) is 12.7 Å². The van der Waals surface area contributed by atoms with Gasteiger partial charge in [-0.2, -0.15) is 0 Å². The first kappa shape index (κ1) is 14.6. The van der Waals surface area contributed by atoms with Crippen LogP contribution >= 0.6 is 0 Å². The Labute approximate surface area is 105 Å². The second-order valence-corrected chi connectivity index (χ2v) is 4.30. The molecule has 1 saturated heterocycles. The highest BCUT2D eigenvalue weighted by Crippen LogP contribution is 2.26. The smallest absolute Gasteiger partial charge is 0.343 e. The van der Waals surface area contributed by atoms with Gasteiger partial charge < -0.3 is 14.7 Å². The van der Waals surface area contributed by atoms with Gasteiger partial charge in [0, 0.05) is 26.0 Å². The van der Waals surface area contributed by atoms with E-state index in [-0.39, 0.29) is 31.8 Å². The molecule has 0 aromatic rings. The van der Waals surface area contributed by atoms with E-state index >= 15 is 0 Å². The summed E-state index contributed by atoms with van der Waals surface area (Å²) in [5.74, 6) is -1.72. The van der Waals surface area contributed by atoms with E-state index in [0.717, 1.165) is 0 Å². The maximum atomic E-state index is 13.7. The number of carboxylic acids is 1. The number of hydrogen-bond acceptors (Lipinski definition) is 3. The van der Waals surface area contributed by atoms with Gasteiger partial charge in [-0.1, -0.05) is 6.08 Å². The zero-order valence-electron chi connectivity index (χ0n) is 10.2. The number of hydrogen-bond donors (Lipinski definition) is 1. The van der Waals surface area contributed by atoms with Crippen molar-refractivity contribution >= 4 is 11.9 Å². The predicted molar refractivity (Wildman–Crippen MR) is 62.9 cm³/mol. The molecule has 1 atom stereocenters. The second-order valence-electron chi connectivity index (χ2n) is 4.30. The Morgan fingerprint density at radius 1 is 1.56 bits per heavy atom. The molecule has 1 N–H and O–H groups in total. The molecule has 0 aromatic carbocycles. The Morgan fingerprint density at radius 2 is 2.28 bits per heavy atom. The molecule has 0 saturated carbocycles. The summed E-state index contributed by atoms with van der Waals surface area (Å²) < 4.78 is 18.8. The van der Waals surface area contributed by atoms with E-state index in [2.05, 4.69) is 6.58 Å². The van der Waals surface area contributed by atoms with E-state index < -0.39 is 11.6 Å². The molecule has 1 amide bonds. The van der Waals surface area contributed by atoms with Crippen molar-refractivity contribution in [2.75, 3.05) is 26.3 Å². The number of amides is 1. The van der Waals surface area contributed by atoms with Crippen molar-refractivity contribution in [3.63, 3.8) is 0 Å². The first-order valence-electron chi connectivity index (χ1n) is 5.88. The minimum atomic E-state index is -2.28. The van der Waals surface area contributed by atoms with E-state index in [4.69, 9.17) is 9.84 Å². The summed E-state index contributed by atoms with van der Waals surface area (Å²) in [7, 11) is 0. The minimum Gasteiger partial charge on any atom is -0.479 e. The number of halogens is 1. The number of nitrogens with zero attached hydrogens (tertiary/aromatic N) is 1. The largest absolute Gasteiger partial charge is 0.479 e. The zero-order valence-corrected chi connectivity index (χ0v) is 10.2. The van der Waals surface area contributed by atoms with Crippen LogP contribution in [0.5, 0.6) is 0 Å². The highest BCUT2D eigenvalue weighted by atomic mass is 19.1. The number of likely N-dealkylation sites (tertiary alicyclic amines) is 1. The Bertz CT molecular complexity index is 334. The van der Waals surface area contributed by atoms with E-state index in [9.17, 15) is 14.0 Å². The van der Waals surface area contributed by atoms with Gasteiger partial charge in [-0.25, -0.2) is 9.18 Å². The number of carboxylic acid groups (broad SMARTS) is 1. The van der Waals surface area contributed by atoms with Crippen molar-refractivity contribution in [1.29, 1.82) is 0 Å². The van der Waals surface area contributed by atoms with E-state index in [1.165, 1.54) is 4.90 Å². The molecule has 1 unspecified atom stereocenters. The third-order valence-corrected chi connectivity index (χ3v) is 2.87. The number of rotatable bonds is 7. The lowest BCUT2D eigenvalue weighted by molar-refractivity contribution is -0.150. The molecule has 0 bridgehead atoms. The summed E-state index contributed by atoms with van der Waals surface area (Å²) in [6.45, 7) is 4.17. The quantitative estimate of drug-likeness (QED) is 0.547. The van der Waals surface area contributed by atoms with Gasteiger partial charge in [-0.3, -0.25) is 4.79 Å². The number of ether oxygens (including phenoxy) is 1. The van der Waals surface area contributed by atoms with Gasteiger partial charge in [0.1, 0.15) is 0 Å². The number of carbonyl (C=O) groups excluding carboxylic acids is 1. The predicted octanol–water partition coefficient (Wildman–Crippen LogP) is 0.994. The maximum absolute atomic E-state index is 13.7. The molecule has 102 valence electrons. The van der Waals surface area contributed by atoms with Crippen LogP contribution in [0.15, 0.2) is 12.7 Å². The molecule has 1 rings (SSSR count). The monoisotopic (exact) mass is 259 g/mol. The molecule has 5 nitrogen and oxygen atoms in total. The van der Waals surface area contributed by atoms with Crippen molar-refractivity contribution < 1.29 is 23.8 Å². The summed E-state index contributed by atoms with van der Waals surface area (Å²) in [5, 5.41) is 8.70. The molecule has 1 fully saturated rings. The third-order valence-electron chi connectivity index (χ3n) is 2.87. The minimum absolute atomic E-state index is 0.138. The van der Waals surface area contributed by atoms with E-state index in [1.807, 2.05) is 0 Å². The van der Waals surface area contributed by atoms with Crippen LogP contribution in [0.4, 0.5) is 4.39 Å². The standard InChI is InChI=1S/C12H18FNO4/c1-2-7-18-8-3-4-10(15)14-6-5-12(13,9-14)11(16)17/h2H,1,3-9H2,(H,16,17). The van der Waals surface area contributed by atoms with Crippen LogP contribution in [0.3, 0.4) is 0 Å². The van der Waals surface area contributed by atoms with Crippen LogP contribution < -0.4 is 0 Å². The fourth-order valence-corrected chi connectivity index (χ4v) is 1.81. The van der Waals surface area contributed by atoms with Gasteiger partial charge in [-0.15, -0.1) is 6.58 Å². The van der Waals surface area contributed by atoms with Crippen LogP contribution in [-0.4, -0.2) is 53.9 Å². The van der Waals surface area contributed by atoms with Gasteiger partial charge in [-0.05, 0) is 6.42 Å². The van der Waals surface area contributed by atoms with Gasteiger partial charge in [0.15, 0.2) is 0 Å². The molecule has 6 heteroatoms. The summed E-state index contributed by atoms with van der Waals surface area (Å²) in [6, 6.07) is 0. The normalized spacial score (nSPS) is 23.1. The van der Waals surface area contributed by atoms with Gasteiger partial charge in [0.25, 0.3) is 0 Å². The Kier molecular flexibility index (Phi) is 5.27.